The lowest BCUT2D eigenvalue weighted by Gasteiger charge is -2.46. The maximum atomic E-state index is 12.3. The van der Waals surface area contributed by atoms with E-state index in [1.165, 1.54) is 0 Å². The molecule has 1 amide bonds. The molecule has 2 aliphatic rings. The van der Waals surface area contributed by atoms with E-state index in [1.807, 2.05) is 11.8 Å². The fourth-order valence-corrected chi connectivity index (χ4v) is 4.39. The minimum absolute atomic E-state index is 0.0140. The minimum atomic E-state index is -0.0140. The Hall–Kier alpha value is -0.260. The van der Waals surface area contributed by atoms with Gasteiger partial charge in [0.25, 0.3) is 0 Å². The number of carbonyl (C=O) groups is 1. The van der Waals surface area contributed by atoms with Crippen LogP contribution in [-0.4, -0.2) is 47.1 Å². The average Bonchev–Trinajstić information content (AvgIpc) is 2.25. The van der Waals surface area contributed by atoms with E-state index in [9.17, 15) is 4.79 Å². The lowest BCUT2D eigenvalue weighted by molar-refractivity contribution is -0.123. The van der Waals surface area contributed by atoms with Crippen molar-refractivity contribution >= 4 is 17.7 Å². The number of thioether (sulfide) groups is 1. The van der Waals surface area contributed by atoms with E-state index in [0.717, 1.165) is 30.9 Å². The molecule has 3 N–H and O–H groups in total. The molecule has 0 aromatic rings. The molecular weight excluding hydrogens is 258 g/mol. The largest absolute Gasteiger partial charge is 0.352 e. The van der Waals surface area contributed by atoms with Gasteiger partial charge in [0.2, 0.25) is 5.91 Å². The topological polar surface area (TPSA) is 53.2 Å². The molecule has 1 unspecified atom stereocenters. The molecule has 2 rings (SSSR count). The lowest BCUT2D eigenvalue weighted by atomic mass is 9.79. The van der Waals surface area contributed by atoms with Crippen molar-refractivity contribution in [1.82, 2.24) is 16.0 Å². The zero-order chi connectivity index (χ0) is 14.1. The third-order valence-electron chi connectivity index (χ3n) is 3.77. The first-order valence-corrected chi connectivity index (χ1v) is 8.34. The van der Waals surface area contributed by atoms with Crippen LogP contribution in [0.2, 0.25) is 0 Å². The van der Waals surface area contributed by atoms with Crippen LogP contribution in [0, 0.1) is 0 Å². The summed E-state index contributed by atoms with van der Waals surface area (Å²) in [5.41, 5.74) is 0.156. The van der Waals surface area contributed by atoms with Gasteiger partial charge in [-0.2, -0.15) is 11.8 Å². The molecule has 2 heterocycles. The zero-order valence-corrected chi connectivity index (χ0v) is 13.3. The van der Waals surface area contributed by atoms with E-state index in [4.69, 9.17) is 0 Å². The third kappa shape index (κ3) is 4.36. The summed E-state index contributed by atoms with van der Waals surface area (Å²) in [6.45, 7) is 9.78. The Kier molecular flexibility index (Phi) is 4.48. The molecule has 2 saturated heterocycles. The first-order chi connectivity index (χ1) is 8.77. The number of hydrogen-bond donors (Lipinski definition) is 3. The van der Waals surface area contributed by atoms with Crippen LogP contribution in [0.1, 0.15) is 40.5 Å². The zero-order valence-electron chi connectivity index (χ0n) is 12.5. The molecule has 2 aliphatic heterocycles. The van der Waals surface area contributed by atoms with Gasteiger partial charge in [-0.3, -0.25) is 4.79 Å². The van der Waals surface area contributed by atoms with Crippen LogP contribution < -0.4 is 16.0 Å². The molecule has 0 aromatic carbocycles. The Morgan fingerprint density at radius 3 is 2.37 bits per heavy atom. The van der Waals surface area contributed by atoms with Crippen molar-refractivity contribution in [2.45, 2.75) is 63.7 Å². The van der Waals surface area contributed by atoms with E-state index < -0.39 is 0 Å². The van der Waals surface area contributed by atoms with Gasteiger partial charge in [0.1, 0.15) is 0 Å². The van der Waals surface area contributed by atoms with Crippen LogP contribution in [0.4, 0.5) is 0 Å². The summed E-state index contributed by atoms with van der Waals surface area (Å²) in [6, 6.07) is 0.257. The summed E-state index contributed by atoms with van der Waals surface area (Å²) in [7, 11) is 0. The third-order valence-corrected chi connectivity index (χ3v) is 4.84. The molecule has 5 heteroatoms. The summed E-state index contributed by atoms with van der Waals surface area (Å²) in [6.07, 6.45) is 1.98. The lowest BCUT2D eigenvalue weighted by Crippen LogP contribution is -2.63. The molecule has 19 heavy (non-hydrogen) atoms. The van der Waals surface area contributed by atoms with Gasteiger partial charge in [0.15, 0.2) is 0 Å². The highest BCUT2D eigenvalue weighted by Gasteiger charge is 2.38. The number of amides is 1. The van der Waals surface area contributed by atoms with Gasteiger partial charge in [-0.1, -0.05) is 0 Å². The Balaban J connectivity index is 1.92. The Bertz CT molecular complexity index is 322. The predicted molar refractivity (Wildman–Crippen MR) is 81.6 cm³/mol. The van der Waals surface area contributed by atoms with Gasteiger partial charge in [-0.05, 0) is 40.5 Å². The number of rotatable bonds is 2. The first-order valence-electron chi connectivity index (χ1n) is 7.18. The van der Waals surface area contributed by atoms with Crippen LogP contribution in [0.3, 0.4) is 0 Å². The maximum absolute atomic E-state index is 12.3. The molecule has 110 valence electrons. The van der Waals surface area contributed by atoms with Gasteiger partial charge in [0, 0.05) is 35.2 Å². The second-order valence-corrected chi connectivity index (χ2v) is 8.24. The predicted octanol–water partition coefficient (Wildman–Crippen LogP) is 1.12. The quantitative estimate of drug-likeness (QED) is 0.712. The smallest absolute Gasteiger partial charge is 0.238 e. The highest BCUT2D eigenvalue weighted by Crippen LogP contribution is 2.28. The summed E-state index contributed by atoms with van der Waals surface area (Å²) in [5.74, 6) is 2.17. The van der Waals surface area contributed by atoms with Gasteiger partial charge in [-0.15, -0.1) is 0 Å². The molecule has 0 aliphatic carbocycles. The number of piperidine rings is 1. The summed E-state index contributed by atoms with van der Waals surface area (Å²) >= 11 is 1.86. The number of nitrogens with one attached hydrogen (secondary N) is 3. The highest BCUT2D eigenvalue weighted by molar-refractivity contribution is 7.99. The monoisotopic (exact) mass is 285 g/mol. The Morgan fingerprint density at radius 2 is 1.84 bits per heavy atom. The molecule has 4 nitrogen and oxygen atoms in total. The minimum Gasteiger partial charge on any atom is -0.352 e. The van der Waals surface area contributed by atoms with Gasteiger partial charge in [-0.25, -0.2) is 0 Å². The first kappa shape index (κ1) is 15.1. The maximum Gasteiger partial charge on any atom is 0.238 e. The molecule has 0 saturated carbocycles. The number of hydrogen-bond acceptors (Lipinski definition) is 4. The molecule has 2 fully saturated rings. The van der Waals surface area contributed by atoms with E-state index in [-0.39, 0.29) is 29.1 Å². The van der Waals surface area contributed by atoms with E-state index in [0.29, 0.717) is 0 Å². The van der Waals surface area contributed by atoms with Crippen molar-refractivity contribution in [3.8, 4) is 0 Å². The van der Waals surface area contributed by atoms with Crippen LogP contribution in [0.5, 0.6) is 0 Å². The Morgan fingerprint density at radius 1 is 1.21 bits per heavy atom. The summed E-state index contributed by atoms with van der Waals surface area (Å²) < 4.78 is 0. The van der Waals surface area contributed by atoms with Gasteiger partial charge >= 0.3 is 0 Å². The molecule has 0 radical (unpaired) electrons. The molecule has 0 spiro atoms. The van der Waals surface area contributed by atoms with E-state index in [2.05, 4.69) is 43.6 Å². The van der Waals surface area contributed by atoms with Crippen molar-refractivity contribution in [1.29, 1.82) is 0 Å². The van der Waals surface area contributed by atoms with E-state index in [1.54, 1.807) is 0 Å². The van der Waals surface area contributed by atoms with Crippen LogP contribution in [0.15, 0.2) is 0 Å². The Labute approximate surface area is 120 Å². The SMILES string of the molecule is CC1(C)CC(NC(=O)C2CSCCN2)CC(C)(C)N1. The van der Waals surface area contributed by atoms with Crippen LogP contribution in [-0.2, 0) is 4.79 Å². The molecule has 0 aromatic heterocycles. The summed E-state index contributed by atoms with van der Waals surface area (Å²) in [5, 5.41) is 10.2. The van der Waals surface area contributed by atoms with Crippen molar-refractivity contribution in [3.05, 3.63) is 0 Å². The van der Waals surface area contributed by atoms with Crippen molar-refractivity contribution in [3.63, 3.8) is 0 Å². The van der Waals surface area contributed by atoms with Crippen LogP contribution in [0.25, 0.3) is 0 Å². The highest BCUT2D eigenvalue weighted by atomic mass is 32.2. The van der Waals surface area contributed by atoms with Crippen molar-refractivity contribution in [2.75, 3.05) is 18.1 Å². The van der Waals surface area contributed by atoms with Crippen LogP contribution >= 0.6 is 11.8 Å². The van der Waals surface area contributed by atoms with E-state index >= 15 is 0 Å². The average molecular weight is 285 g/mol. The molecule has 0 bridgehead atoms. The van der Waals surface area contributed by atoms with Crippen molar-refractivity contribution in [2.24, 2.45) is 0 Å². The standard InChI is InChI=1S/C14H27N3OS/c1-13(2)7-10(8-14(3,4)17-13)16-12(18)11-9-19-6-5-15-11/h10-11,15,17H,5-9H2,1-4H3,(H,16,18). The van der Waals surface area contributed by atoms with Crippen molar-refractivity contribution < 1.29 is 4.79 Å². The van der Waals surface area contributed by atoms with Gasteiger partial charge in [0.05, 0.1) is 6.04 Å². The second kappa shape index (κ2) is 5.62. The fraction of sp³-hybridized carbons (Fsp3) is 0.929. The fourth-order valence-electron chi connectivity index (χ4n) is 3.46. The normalized spacial score (nSPS) is 30.8. The molecular formula is C14H27N3OS. The van der Waals surface area contributed by atoms with Gasteiger partial charge < -0.3 is 16.0 Å². The molecule has 1 atom stereocenters. The number of carbonyl (C=O) groups excluding carboxylic acids is 1. The summed E-state index contributed by atoms with van der Waals surface area (Å²) in [4.78, 5) is 12.3. The second-order valence-electron chi connectivity index (χ2n) is 7.09.